The fourth-order valence-corrected chi connectivity index (χ4v) is 3.24. The smallest absolute Gasteiger partial charge is 0.0634 e. The molecule has 2 rings (SSSR count). The molecule has 0 bridgehead atoms. The molecule has 1 aromatic heterocycles. The van der Waals surface area contributed by atoms with E-state index in [1.165, 1.54) is 9.35 Å². The topological polar surface area (TPSA) is 38.5 Å². The van der Waals surface area contributed by atoms with Crippen molar-refractivity contribution in [1.29, 1.82) is 0 Å². The van der Waals surface area contributed by atoms with Gasteiger partial charge in [0.05, 0.1) is 13.2 Å². The second-order valence-corrected chi connectivity index (χ2v) is 5.48. The molecule has 1 fully saturated rings. The van der Waals surface area contributed by atoms with Crippen molar-refractivity contribution < 1.29 is 4.74 Å². The van der Waals surface area contributed by atoms with Gasteiger partial charge in [-0.25, -0.2) is 0 Å². The van der Waals surface area contributed by atoms with E-state index < -0.39 is 0 Å². The Hall–Kier alpha value is 0.0600. The first-order valence-electron chi connectivity index (χ1n) is 5.05. The van der Waals surface area contributed by atoms with Crippen LogP contribution in [0.25, 0.3) is 0 Å². The van der Waals surface area contributed by atoms with Crippen molar-refractivity contribution in [1.82, 2.24) is 4.90 Å². The molecule has 2 heterocycles. The number of hydrogen-bond donors (Lipinski definition) is 1. The van der Waals surface area contributed by atoms with E-state index in [2.05, 4.69) is 32.3 Å². The van der Waals surface area contributed by atoms with Crippen LogP contribution < -0.4 is 5.73 Å². The first-order valence-corrected chi connectivity index (χ1v) is 6.72. The maximum atomic E-state index is 5.73. The van der Waals surface area contributed by atoms with Gasteiger partial charge in [-0.1, -0.05) is 0 Å². The molecule has 5 heteroatoms. The van der Waals surface area contributed by atoms with Gasteiger partial charge >= 0.3 is 0 Å². The van der Waals surface area contributed by atoms with Crippen LogP contribution in [0.5, 0.6) is 0 Å². The van der Waals surface area contributed by atoms with Gasteiger partial charge in [0.1, 0.15) is 0 Å². The highest BCUT2D eigenvalue weighted by Gasteiger charge is 2.22. The molecule has 0 aliphatic carbocycles. The Morgan fingerprint density at radius 2 is 2.53 bits per heavy atom. The number of nitrogens with two attached hydrogens (primary N) is 1. The van der Waals surface area contributed by atoms with Gasteiger partial charge in [-0.3, -0.25) is 4.90 Å². The Bertz CT molecular complexity index is 318. The predicted octanol–water partition coefficient (Wildman–Crippen LogP) is 1.67. The van der Waals surface area contributed by atoms with Gasteiger partial charge in [-0.15, -0.1) is 11.3 Å². The minimum absolute atomic E-state index is 0.368. The third-order valence-electron chi connectivity index (χ3n) is 2.66. The van der Waals surface area contributed by atoms with Gasteiger partial charge in [0.15, 0.2) is 0 Å². The van der Waals surface area contributed by atoms with Crippen molar-refractivity contribution in [3.8, 4) is 0 Å². The summed E-state index contributed by atoms with van der Waals surface area (Å²) in [6.07, 6.45) is 0. The Labute approximate surface area is 102 Å². The molecule has 0 aromatic carbocycles. The van der Waals surface area contributed by atoms with E-state index in [0.29, 0.717) is 12.6 Å². The quantitative estimate of drug-likeness (QED) is 0.920. The fraction of sp³-hybridized carbons (Fsp3) is 0.600. The average Bonchev–Trinajstić information content (AvgIpc) is 2.65. The highest BCUT2D eigenvalue weighted by molar-refractivity contribution is 9.10. The van der Waals surface area contributed by atoms with E-state index in [4.69, 9.17) is 10.5 Å². The maximum Gasteiger partial charge on any atom is 0.0634 e. The molecule has 2 N–H and O–H groups in total. The summed E-state index contributed by atoms with van der Waals surface area (Å²) in [5, 5.41) is 2.11. The minimum atomic E-state index is 0.368. The molecule has 1 unspecified atom stereocenters. The van der Waals surface area contributed by atoms with Gasteiger partial charge in [-0.05, 0) is 27.4 Å². The lowest BCUT2D eigenvalue weighted by atomic mass is 10.2. The third kappa shape index (κ3) is 2.79. The number of halogens is 1. The van der Waals surface area contributed by atoms with Crippen LogP contribution in [-0.4, -0.2) is 37.2 Å². The van der Waals surface area contributed by atoms with Crippen LogP contribution in [0, 0.1) is 0 Å². The number of rotatable bonds is 3. The van der Waals surface area contributed by atoms with Gasteiger partial charge in [0.25, 0.3) is 0 Å². The van der Waals surface area contributed by atoms with E-state index in [0.717, 1.165) is 26.3 Å². The zero-order valence-corrected chi connectivity index (χ0v) is 10.9. The summed E-state index contributed by atoms with van der Waals surface area (Å²) in [6.45, 7) is 4.21. The summed E-state index contributed by atoms with van der Waals surface area (Å²) in [6, 6.07) is 2.46. The van der Waals surface area contributed by atoms with Crippen LogP contribution >= 0.6 is 27.3 Å². The maximum absolute atomic E-state index is 5.73. The number of thiophene rings is 1. The molecule has 1 aliphatic rings. The lowest BCUT2D eigenvalue weighted by Crippen LogP contribution is -2.48. The number of morpholine rings is 1. The number of hydrogen-bond acceptors (Lipinski definition) is 4. The first-order chi connectivity index (χ1) is 7.31. The molecule has 0 amide bonds. The largest absolute Gasteiger partial charge is 0.378 e. The Morgan fingerprint density at radius 1 is 1.67 bits per heavy atom. The molecule has 0 radical (unpaired) electrons. The molecular formula is C10H15BrN2OS. The molecule has 0 spiro atoms. The molecule has 1 atom stereocenters. The van der Waals surface area contributed by atoms with E-state index in [1.807, 2.05) is 0 Å². The van der Waals surface area contributed by atoms with Crippen molar-refractivity contribution in [3.05, 3.63) is 20.8 Å². The minimum Gasteiger partial charge on any atom is -0.378 e. The molecule has 3 nitrogen and oxygen atoms in total. The highest BCUT2D eigenvalue weighted by atomic mass is 79.9. The van der Waals surface area contributed by atoms with Crippen LogP contribution in [-0.2, 0) is 11.3 Å². The molecule has 1 aliphatic heterocycles. The summed E-state index contributed by atoms with van der Waals surface area (Å²) < 4.78 is 6.63. The normalized spacial score (nSPS) is 23.2. The van der Waals surface area contributed by atoms with Crippen molar-refractivity contribution in [2.24, 2.45) is 5.73 Å². The van der Waals surface area contributed by atoms with Crippen LogP contribution in [0.4, 0.5) is 0 Å². The van der Waals surface area contributed by atoms with Crippen molar-refractivity contribution in [2.45, 2.75) is 12.6 Å². The van der Waals surface area contributed by atoms with Crippen molar-refractivity contribution >= 4 is 27.3 Å². The standard InChI is InChI=1S/C10H15BrN2OS/c11-9-1-4-15-10(9)6-13-2-3-14-7-8(13)5-12/h1,4,8H,2-3,5-7,12H2. The zero-order chi connectivity index (χ0) is 10.7. The Balaban J connectivity index is 2.00. The zero-order valence-electron chi connectivity index (χ0n) is 8.49. The summed E-state index contributed by atoms with van der Waals surface area (Å²) in [5.74, 6) is 0. The lowest BCUT2D eigenvalue weighted by Gasteiger charge is -2.34. The first kappa shape index (κ1) is 11.5. The second-order valence-electron chi connectivity index (χ2n) is 3.63. The fourth-order valence-electron chi connectivity index (χ4n) is 1.74. The predicted molar refractivity (Wildman–Crippen MR) is 66.1 cm³/mol. The molecule has 0 saturated carbocycles. The third-order valence-corrected chi connectivity index (χ3v) is 4.57. The number of ether oxygens (including phenoxy) is 1. The summed E-state index contributed by atoms with van der Waals surface area (Å²) in [5.41, 5.74) is 5.73. The van der Waals surface area contributed by atoms with Crippen LogP contribution in [0.15, 0.2) is 15.9 Å². The lowest BCUT2D eigenvalue weighted by molar-refractivity contribution is -0.00755. The second kappa shape index (κ2) is 5.41. The van der Waals surface area contributed by atoms with Gasteiger partial charge < -0.3 is 10.5 Å². The van der Waals surface area contributed by atoms with E-state index in [-0.39, 0.29) is 0 Å². The monoisotopic (exact) mass is 290 g/mol. The summed E-state index contributed by atoms with van der Waals surface area (Å²) in [4.78, 5) is 3.77. The SMILES string of the molecule is NCC1COCCN1Cc1sccc1Br. The highest BCUT2D eigenvalue weighted by Crippen LogP contribution is 2.25. The van der Waals surface area contributed by atoms with Gasteiger partial charge in [0, 0.05) is 35.0 Å². The van der Waals surface area contributed by atoms with E-state index >= 15 is 0 Å². The Morgan fingerprint density at radius 3 is 3.20 bits per heavy atom. The van der Waals surface area contributed by atoms with E-state index in [1.54, 1.807) is 11.3 Å². The van der Waals surface area contributed by atoms with Crippen LogP contribution in [0.1, 0.15) is 4.88 Å². The molecular weight excluding hydrogens is 276 g/mol. The van der Waals surface area contributed by atoms with Gasteiger partial charge in [-0.2, -0.15) is 0 Å². The molecule has 1 aromatic rings. The Kier molecular flexibility index (Phi) is 4.16. The molecule has 15 heavy (non-hydrogen) atoms. The van der Waals surface area contributed by atoms with Crippen molar-refractivity contribution in [2.75, 3.05) is 26.3 Å². The molecule has 1 saturated heterocycles. The molecule has 84 valence electrons. The number of nitrogens with zero attached hydrogens (tertiary/aromatic N) is 1. The summed E-state index contributed by atoms with van der Waals surface area (Å²) >= 11 is 5.34. The van der Waals surface area contributed by atoms with Crippen LogP contribution in [0.3, 0.4) is 0 Å². The van der Waals surface area contributed by atoms with E-state index in [9.17, 15) is 0 Å². The summed E-state index contributed by atoms with van der Waals surface area (Å²) in [7, 11) is 0. The van der Waals surface area contributed by atoms with Gasteiger partial charge in [0.2, 0.25) is 0 Å². The van der Waals surface area contributed by atoms with Crippen LogP contribution in [0.2, 0.25) is 0 Å². The van der Waals surface area contributed by atoms with Crippen molar-refractivity contribution in [3.63, 3.8) is 0 Å². The average molecular weight is 291 g/mol.